The molecule has 1 aromatic heterocycles. The summed E-state index contributed by atoms with van der Waals surface area (Å²) < 4.78 is 0. The van der Waals surface area contributed by atoms with Gasteiger partial charge in [-0.25, -0.2) is 0 Å². The largest absolute Gasteiger partial charge is 0.393 e. The van der Waals surface area contributed by atoms with Crippen molar-refractivity contribution >= 4 is 11.6 Å². The molecule has 0 atom stereocenters. The predicted molar refractivity (Wildman–Crippen MR) is 28.1 cm³/mol. The molecule has 1 rings (SSSR count). The van der Waals surface area contributed by atoms with E-state index in [9.17, 15) is 0 Å². The molecule has 8 heavy (non-hydrogen) atoms. The average molecular weight is 219 g/mol. The summed E-state index contributed by atoms with van der Waals surface area (Å²) in [5, 5.41) is 0.558. The Morgan fingerprint density at radius 2 is 2.38 bits per heavy atom. The third-order valence-electron chi connectivity index (χ3n) is 0.575. The van der Waals surface area contributed by atoms with Gasteiger partial charge in [0, 0.05) is 20.4 Å². The summed E-state index contributed by atoms with van der Waals surface area (Å²) in [6.07, 6.45) is 4.18. The Balaban J connectivity index is 0.000000490. The number of hydrogen-bond donors (Lipinski definition) is 0. The Labute approximate surface area is 66.7 Å². The minimum absolute atomic E-state index is 0. The number of nitrogens with zero attached hydrogens (tertiary/aromatic N) is 1. The van der Waals surface area contributed by atoms with Crippen LogP contribution in [0.5, 0.6) is 0 Å². The van der Waals surface area contributed by atoms with E-state index < -0.39 is 0 Å². The summed E-state index contributed by atoms with van der Waals surface area (Å²) in [6.45, 7) is 0. The molecule has 0 bridgehead atoms. The SMILES string of the molecule is Clc1[c-]nccc1.[Pd]. The second kappa shape index (κ2) is 4.03. The molecule has 0 fully saturated rings. The van der Waals surface area contributed by atoms with Crippen LogP contribution in [0.3, 0.4) is 0 Å². The maximum absolute atomic E-state index is 5.42. The first-order chi connectivity index (χ1) is 3.39. The molecule has 0 saturated heterocycles. The Bertz CT molecular complexity index is 142. The molecule has 0 unspecified atom stereocenters. The second-order valence-corrected chi connectivity index (χ2v) is 1.50. The van der Waals surface area contributed by atoms with E-state index in [1.165, 1.54) is 0 Å². The van der Waals surface area contributed by atoms with Gasteiger partial charge < -0.3 is 4.98 Å². The van der Waals surface area contributed by atoms with Gasteiger partial charge in [0.2, 0.25) is 0 Å². The molecule has 0 N–H and O–H groups in total. The van der Waals surface area contributed by atoms with Crippen LogP contribution >= 0.6 is 11.6 Å². The molecule has 46 valence electrons. The quantitative estimate of drug-likeness (QED) is 0.476. The molecular formula is C5H3ClNPd-. The second-order valence-electron chi connectivity index (χ2n) is 1.10. The standard InChI is InChI=1S/C5H3ClN.Pd/c6-5-2-1-3-7-4-5;/h1-3H;/q-1;. The van der Waals surface area contributed by atoms with Crippen molar-refractivity contribution in [3.05, 3.63) is 29.5 Å². The first-order valence-electron chi connectivity index (χ1n) is 1.88. The van der Waals surface area contributed by atoms with Crippen LogP contribution in [-0.4, -0.2) is 4.98 Å². The van der Waals surface area contributed by atoms with E-state index >= 15 is 0 Å². The van der Waals surface area contributed by atoms with E-state index in [0.29, 0.717) is 5.02 Å². The molecule has 0 aliphatic heterocycles. The number of hydrogen-bond acceptors (Lipinski definition) is 1. The third kappa shape index (κ3) is 2.42. The minimum atomic E-state index is 0. The van der Waals surface area contributed by atoms with Crippen LogP contribution in [0.4, 0.5) is 0 Å². The zero-order valence-corrected chi connectivity index (χ0v) is 6.18. The van der Waals surface area contributed by atoms with Crippen LogP contribution in [0, 0.1) is 6.20 Å². The number of pyridine rings is 1. The molecule has 3 heteroatoms. The van der Waals surface area contributed by atoms with Crippen molar-refractivity contribution in [1.82, 2.24) is 4.98 Å². The van der Waals surface area contributed by atoms with Gasteiger partial charge in [-0.15, -0.1) is 17.7 Å². The minimum Gasteiger partial charge on any atom is -0.393 e. The molecule has 0 spiro atoms. The van der Waals surface area contributed by atoms with E-state index in [0.717, 1.165) is 0 Å². The van der Waals surface area contributed by atoms with Gasteiger partial charge >= 0.3 is 0 Å². The van der Waals surface area contributed by atoms with Crippen LogP contribution in [0.1, 0.15) is 0 Å². The Hall–Kier alpha value is 0.102. The van der Waals surface area contributed by atoms with Crippen molar-refractivity contribution in [2.24, 2.45) is 0 Å². The summed E-state index contributed by atoms with van der Waals surface area (Å²) in [5.41, 5.74) is 0. The maximum atomic E-state index is 5.42. The van der Waals surface area contributed by atoms with E-state index in [1.54, 1.807) is 18.3 Å². The van der Waals surface area contributed by atoms with E-state index in [1.807, 2.05) is 0 Å². The van der Waals surface area contributed by atoms with Crippen molar-refractivity contribution in [3.63, 3.8) is 0 Å². The summed E-state index contributed by atoms with van der Waals surface area (Å²) in [7, 11) is 0. The zero-order valence-electron chi connectivity index (χ0n) is 3.87. The Kier molecular flexibility index (Phi) is 4.08. The van der Waals surface area contributed by atoms with Crippen LogP contribution in [0.25, 0.3) is 0 Å². The van der Waals surface area contributed by atoms with Gasteiger partial charge in [-0.05, 0) is 0 Å². The molecule has 0 aliphatic rings. The molecule has 1 nitrogen and oxygen atoms in total. The molecule has 0 saturated carbocycles. The maximum Gasteiger partial charge on any atom is 0 e. The number of halogens is 1. The van der Waals surface area contributed by atoms with Crippen molar-refractivity contribution in [2.45, 2.75) is 0 Å². The molecule has 0 radical (unpaired) electrons. The van der Waals surface area contributed by atoms with E-state index in [-0.39, 0.29) is 20.4 Å². The number of aromatic nitrogens is 1. The van der Waals surface area contributed by atoms with Gasteiger partial charge in [0.25, 0.3) is 0 Å². The van der Waals surface area contributed by atoms with Crippen LogP contribution < -0.4 is 0 Å². The third-order valence-corrected chi connectivity index (χ3v) is 0.785. The van der Waals surface area contributed by atoms with Crippen molar-refractivity contribution in [3.8, 4) is 0 Å². The van der Waals surface area contributed by atoms with Crippen molar-refractivity contribution in [1.29, 1.82) is 0 Å². The summed E-state index contributed by atoms with van der Waals surface area (Å²) in [6, 6.07) is 3.49. The van der Waals surface area contributed by atoms with Crippen LogP contribution in [-0.2, 0) is 20.4 Å². The van der Waals surface area contributed by atoms with Crippen LogP contribution in [0.15, 0.2) is 18.3 Å². The topological polar surface area (TPSA) is 12.9 Å². The fourth-order valence-electron chi connectivity index (χ4n) is 0.307. The summed E-state index contributed by atoms with van der Waals surface area (Å²) >= 11 is 5.42. The molecule has 0 aromatic carbocycles. The molecule has 0 aliphatic carbocycles. The summed E-state index contributed by atoms with van der Waals surface area (Å²) in [5.74, 6) is 0. The van der Waals surface area contributed by atoms with E-state index in [2.05, 4.69) is 11.2 Å². The van der Waals surface area contributed by atoms with Gasteiger partial charge in [-0.3, -0.25) is 0 Å². The fraction of sp³-hybridized carbons (Fsp3) is 0. The van der Waals surface area contributed by atoms with Crippen molar-refractivity contribution < 1.29 is 20.4 Å². The fourth-order valence-corrected chi connectivity index (χ4v) is 0.428. The predicted octanol–water partition coefficient (Wildman–Crippen LogP) is 1.53. The Morgan fingerprint density at radius 3 is 2.62 bits per heavy atom. The average Bonchev–Trinajstić information content (AvgIpc) is 1.69. The first kappa shape index (κ1) is 8.10. The molecular weight excluding hydrogens is 216 g/mol. The zero-order chi connectivity index (χ0) is 5.11. The van der Waals surface area contributed by atoms with Gasteiger partial charge in [0.15, 0.2) is 0 Å². The number of rotatable bonds is 0. The van der Waals surface area contributed by atoms with Gasteiger partial charge in [0.05, 0.1) is 0 Å². The molecule has 0 amide bonds. The van der Waals surface area contributed by atoms with Gasteiger partial charge in [-0.2, -0.15) is 6.07 Å². The smallest absolute Gasteiger partial charge is 0 e. The normalized spacial score (nSPS) is 7.62. The summed E-state index contributed by atoms with van der Waals surface area (Å²) in [4.78, 5) is 3.63. The Morgan fingerprint density at radius 1 is 1.62 bits per heavy atom. The van der Waals surface area contributed by atoms with Crippen molar-refractivity contribution in [2.75, 3.05) is 0 Å². The van der Waals surface area contributed by atoms with Gasteiger partial charge in [0.1, 0.15) is 0 Å². The van der Waals surface area contributed by atoms with E-state index in [4.69, 9.17) is 11.6 Å². The van der Waals surface area contributed by atoms with Gasteiger partial charge in [-0.1, -0.05) is 17.4 Å². The molecule has 1 aromatic rings. The van der Waals surface area contributed by atoms with Crippen LogP contribution in [0.2, 0.25) is 5.02 Å². The molecule has 1 heterocycles. The first-order valence-corrected chi connectivity index (χ1v) is 2.25. The monoisotopic (exact) mass is 218 g/mol.